The summed E-state index contributed by atoms with van der Waals surface area (Å²) < 4.78 is 6.34. The first-order valence-electron chi connectivity index (χ1n) is 14.2. The molecule has 0 aliphatic heterocycles. The molecule has 0 bridgehead atoms. The highest BCUT2D eigenvalue weighted by atomic mass is 16.3. The van der Waals surface area contributed by atoms with Crippen LogP contribution in [0.25, 0.3) is 82.6 Å². The van der Waals surface area contributed by atoms with Crippen LogP contribution in [0.2, 0.25) is 0 Å². The average molecular weight is 525 g/mol. The zero-order valence-electron chi connectivity index (χ0n) is 23.1. The Labute approximate surface area is 239 Å². The smallest absolute Gasteiger partial charge is 0.136 e. The summed E-state index contributed by atoms with van der Waals surface area (Å²) in [5, 5.41) is 9.77. The Morgan fingerprint density at radius 3 is 1.83 bits per heavy atom. The van der Waals surface area contributed by atoms with Gasteiger partial charge in [-0.2, -0.15) is 0 Å². The van der Waals surface area contributed by atoms with Crippen molar-refractivity contribution in [3.8, 4) is 22.3 Å². The largest absolute Gasteiger partial charge is 0.456 e. The molecule has 0 N–H and O–H groups in total. The lowest BCUT2D eigenvalue weighted by atomic mass is 9.83. The number of fused-ring (bicyclic) bond motifs is 6. The molecule has 0 fully saturated rings. The van der Waals surface area contributed by atoms with Crippen molar-refractivity contribution < 1.29 is 4.42 Å². The summed E-state index contributed by atoms with van der Waals surface area (Å²) in [4.78, 5) is 0. The molecule has 1 nitrogen and oxygen atoms in total. The molecule has 0 unspecified atom stereocenters. The second-order valence-electron chi connectivity index (χ2n) is 10.9. The highest BCUT2D eigenvalue weighted by Crippen LogP contribution is 2.44. The highest BCUT2D eigenvalue weighted by Gasteiger charge is 2.19. The Morgan fingerprint density at radius 2 is 1.07 bits per heavy atom. The van der Waals surface area contributed by atoms with Crippen LogP contribution in [0, 0.1) is 6.92 Å². The van der Waals surface area contributed by atoms with E-state index in [-0.39, 0.29) is 0 Å². The van der Waals surface area contributed by atoms with E-state index in [0.29, 0.717) is 0 Å². The van der Waals surface area contributed by atoms with Crippen molar-refractivity contribution in [3.05, 3.63) is 139 Å². The van der Waals surface area contributed by atoms with Crippen molar-refractivity contribution in [1.29, 1.82) is 0 Å². The van der Waals surface area contributed by atoms with Gasteiger partial charge in [-0.25, -0.2) is 0 Å². The molecule has 0 spiro atoms. The molecule has 41 heavy (non-hydrogen) atoms. The average Bonchev–Trinajstić information content (AvgIpc) is 3.37. The molecule has 0 radical (unpaired) electrons. The second kappa shape index (κ2) is 9.21. The van der Waals surface area contributed by atoms with Crippen LogP contribution >= 0.6 is 0 Å². The second-order valence-corrected chi connectivity index (χ2v) is 10.9. The van der Waals surface area contributed by atoms with E-state index in [0.717, 1.165) is 21.9 Å². The van der Waals surface area contributed by atoms with Crippen LogP contribution in [0.3, 0.4) is 0 Å². The predicted octanol–water partition coefficient (Wildman–Crippen LogP) is 11.7. The normalized spacial score (nSPS) is 12.0. The molecule has 0 aliphatic rings. The van der Waals surface area contributed by atoms with Crippen LogP contribution in [-0.2, 0) is 0 Å². The predicted molar refractivity (Wildman–Crippen MR) is 177 cm³/mol. The van der Waals surface area contributed by atoms with Gasteiger partial charge in [0.25, 0.3) is 0 Å². The van der Waals surface area contributed by atoms with Crippen LogP contribution < -0.4 is 0 Å². The molecule has 1 heterocycles. The van der Waals surface area contributed by atoms with Gasteiger partial charge in [-0.05, 0) is 110 Å². The number of hydrogen-bond donors (Lipinski definition) is 0. The molecule has 8 aromatic rings. The molecular weight excluding hydrogens is 496 g/mol. The quantitative estimate of drug-likeness (QED) is 0.224. The summed E-state index contributed by atoms with van der Waals surface area (Å²) in [6.07, 6.45) is 4.43. The van der Waals surface area contributed by atoms with Gasteiger partial charge in [0.1, 0.15) is 11.2 Å². The van der Waals surface area contributed by atoms with Gasteiger partial charge in [0.15, 0.2) is 0 Å². The lowest BCUT2D eigenvalue weighted by molar-refractivity contribution is 0.669. The van der Waals surface area contributed by atoms with E-state index in [9.17, 15) is 0 Å². The van der Waals surface area contributed by atoms with Crippen molar-refractivity contribution in [3.63, 3.8) is 0 Å². The van der Waals surface area contributed by atoms with Crippen molar-refractivity contribution in [2.45, 2.75) is 13.8 Å². The van der Waals surface area contributed by atoms with Gasteiger partial charge in [-0.1, -0.05) is 103 Å². The number of furan rings is 1. The zero-order chi connectivity index (χ0) is 27.5. The van der Waals surface area contributed by atoms with E-state index in [1.165, 1.54) is 65.7 Å². The fourth-order valence-corrected chi connectivity index (χ4v) is 6.61. The molecule has 1 aromatic heterocycles. The number of hydrogen-bond acceptors (Lipinski definition) is 1. The molecule has 7 aromatic carbocycles. The van der Waals surface area contributed by atoms with Gasteiger partial charge >= 0.3 is 0 Å². The first kappa shape index (κ1) is 23.7. The zero-order valence-corrected chi connectivity index (χ0v) is 23.1. The standard InChI is InChI=1S/C40H28O/c1-3-10-32-25(2)39(30-18-17-26-11-4-5-12-27(26)21-30)33-15-8-9-16-34(33)40(32)31-19-20-37-35(23-31)36-22-28-13-6-7-14-29(28)24-38(36)41-37/h3-24H,1-2H3/b10-3-. The maximum absolute atomic E-state index is 6.34. The van der Waals surface area contributed by atoms with Crippen LogP contribution in [0.5, 0.6) is 0 Å². The number of benzene rings is 7. The molecule has 1 heteroatoms. The van der Waals surface area contributed by atoms with E-state index in [2.05, 4.69) is 147 Å². The summed E-state index contributed by atoms with van der Waals surface area (Å²) >= 11 is 0. The monoisotopic (exact) mass is 524 g/mol. The maximum Gasteiger partial charge on any atom is 0.136 e. The van der Waals surface area contributed by atoms with E-state index >= 15 is 0 Å². The molecule has 0 aliphatic carbocycles. The van der Waals surface area contributed by atoms with Gasteiger partial charge in [0.05, 0.1) is 0 Å². The van der Waals surface area contributed by atoms with Gasteiger partial charge < -0.3 is 4.42 Å². The summed E-state index contributed by atoms with van der Waals surface area (Å²) in [7, 11) is 0. The lowest BCUT2D eigenvalue weighted by Gasteiger charge is -2.20. The van der Waals surface area contributed by atoms with Crippen LogP contribution in [-0.4, -0.2) is 0 Å². The molecule has 0 saturated heterocycles. The topological polar surface area (TPSA) is 13.1 Å². The molecular formula is C40H28O. The molecule has 0 saturated carbocycles. The van der Waals surface area contributed by atoms with Crippen LogP contribution in [0.1, 0.15) is 18.1 Å². The molecule has 0 atom stereocenters. The van der Waals surface area contributed by atoms with E-state index < -0.39 is 0 Å². The highest BCUT2D eigenvalue weighted by molar-refractivity contribution is 6.14. The van der Waals surface area contributed by atoms with Gasteiger partial charge in [0.2, 0.25) is 0 Å². The fourth-order valence-electron chi connectivity index (χ4n) is 6.61. The Balaban J connectivity index is 1.43. The SMILES string of the molecule is C/C=C\c1c(C)c(-c2ccc3ccccc3c2)c2ccccc2c1-c1ccc2oc3cc4ccccc4cc3c2c1. The minimum absolute atomic E-state index is 0.917. The third-order valence-corrected chi connectivity index (χ3v) is 8.51. The van der Waals surface area contributed by atoms with Crippen LogP contribution in [0.4, 0.5) is 0 Å². The van der Waals surface area contributed by atoms with Gasteiger partial charge in [-0.15, -0.1) is 0 Å². The Hall–Kier alpha value is -5.14. The lowest BCUT2D eigenvalue weighted by Crippen LogP contribution is -1.96. The summed E-state index contributed by atoms with van der Waals surface area (Å²) in [6.45, 7) is 4.37. The van der Waals surface area contributed by atoms with Crippen molar-refractivity contribution in [2.24, 2.45) is 0 Å². The summed E-state index contributed by atoms with van der Waals surface area (Å²) in [5.74, 6) is 0. The molecule has 194 valence electrons. The third kappa shape index (κ3) is 3.70. The number of rotatable bonds is 3. The van der Waals surface area contributed by atoms with Crippen molar-refractivity contribution in [1.82, 2.24) is 0 Å². The van der Waals surface area contributed by atoms with Gasteiger partial charge in [-0.3, -0.25) is 0 Å². The Kier molecular flexibility index (Phi) is 5.33. The minimum Gasteiger partial charge on any atom is -0.456 e. The van der Waals surface area contributed by atoms with E-state index in [4.69, 9.17) is 4.42 Å². The molecule has 0 amide bonds. The fraction of sp³-hybridized carbons (Fsp3) is 0.0500. The van der Waals surface area contributed by atoms with Crippen LogP contribution in [0.15, 0.2) is 132 Å². The maximum atomic E-state index is 6.34. The van der Waals surface area contributed by atoms with E-state index in [1.807, 2.05) is 0 Å². The summed E-state index contributed by atoms with van der Waals surface area (Å²) in [6, 6.07) is 43.9. The third-order valence-electron chi connectivity index (χ3n) is 8.51. The first-order valence-corrected chi connectivity index (χ1v) is 14.2. The Bertz CT molecular complexity index is 2330. The van der Waals surface area contributed by atoms with Crippen molar-refractivity contribution in [2.75, 3.05) is 0 Å². The van der Waals surface area contributed by atoms with E-state index in [1.54, 1.807) is 0 Å². The molecule has 8 rings (SSSR count). The first-order chi connectivity index (χ1) is 20.2. The number of allylic oxidation sites excluding steroid dienone is 1. The summed E-state index contributed by atoms with van der Waals surface area (Å²) in [5.41, 5.74) is 9.39. The van der Waals surface area contributed by atoms with Gasteiger partial charge in [0, 0.05) is 10.8 Å². The Morgan fingerprint density at radius 1 is 0.488 bits per heavy atom. The minimum atomic E-state index is 0.917. The van der Waals surface area contributed by atoms with Crippen molar-refractivity contribution >= 4 is 60.3 Å².